The molecule has 4 atom stereocenters. The highest BCUT2D eigenvalue weighted by Gasteiger charge is 2.46. The van der Waals surface area contributed by atoms with Gasteiger partial charge in [0.15, 0.2) is 5.82 Å². The maximum Gasteiger partial charge on any atom is 0.151 e. The monoisotopic (exact) mass is 568 g/mol. The summed E-state index contributed by atoms with van der Waals surface area (Å²) in [5, 5.41) is 28.1. The Morgan fingerprint density at radius 2 is 1.33 bits per heavy atom. The summed E-state index contributed by atoms with van der Waals surface area (Å²) < 4.78 is 20.3. The normalized spacial score (nSPS) is 15.2. The lowest BCUT2D eigenvalue weighted by Crippen LogP contribution is -2.53. The highest BCUT2D eigenvalue weighted by Crippen LogP contribution is 2.34. The quantitative estimate of drug-likeness (QED) is 0.182. The zero-order chi connectivity index (χ0) is 29.4. The maximum absolute atomic E-state index is 12.2. The summed E-state index contributed by atoms with van der Waals surface area (Å²) in [6.45, 7) is 2.25. The summed E-state index contributed by atoms with van der Waals surface area (Å²) in [6, 6.07) is 32.5. The Labute approximate surface area is 245 Å². The summed E-state index contributed by atoms with van der Waals surface area (Å²) in [6.07, 6.45) is -1.86. The first-order valence-electron chi connectivity index (χ1n) is 13.9. The predicted molar refractivity (Wildman–Crippen MR) is 159 cm³/mol. The minimum absolute atomic E-state index is 0.0420. The number of rotatable bonds is 14. The van der Waals surface area contributed by atoms with Gasteiger partial charge >= 0.3 is 0 Å². The molecule has 42 heavy (non-hydrogen) atoms. The van der Waals surface area contributed by atoms with Gasteiger partial charge in [-0.3, -0.25) is 0 Å². The lowest BCUT2D eigenvalue weighted by atomic mass is 9.88. The van der Waals surface area contributed by atoms with Crippen LogP contribution in [0, 0.1) is 0 Å². The van der Waals surface area contributed by atoms with E-state index in [0.717, 1.165) is 16.7 Å². The van der Waals surface area contributed by atoms with Crippen molar-refractivity contribution in [3.63, 3.8) is 0 Å². The fraction of sp³-hybridized carbons (Fsp3) is 0.273. The summed E-state index contributed by atoms with van der Waals surface area (Å²) in [4.78, 5) is 4.06. The van der Waals surface area contributed by atoms with E-state index in [2.05, 4.69) is 10.1 Å². The van der Waals surface area contributed by atoms with Gasteiger partial charge in [0.1, 0.15) is 35.8 Å². The Bertz CT molecular complexity index is 1530. The van der Waals surface area contributed by atoms with Crippen molar-refractivity contribution in [3.8, 4) is 0 Å². The van der Waals surface area contributed by atoms with Gasteiger partial charge in [-0.05, 0) is 35.7 Å². The highest BCUT2D eigenvalue weighted by molar-refractivity contribution is 5.65. The minimum Gasteiger partial charge on any atom is -0.388 e. The number of fused-ring (bicyclic) bond motifs is 1. The molecule has 0 bridgehead atoms. The van der Waals surface area contributed by atoms with Crippen molar-refractivity contribution < 1.29 is 24.4 Å². The molecular weight excluding hydrogens is 532 g/mol. The topological polar surface area (TPSA) is 124 Å². The van der Waals surface area contributed by atoms with E-state index in [4.69, 9.17) is 19.9 Å². The molecule has 5 rings (SSSR count). The molecule has 2 aromatic heterocycles. The number of hydrogen-bond donors (Lipinski definition) is 3. The number of nitrogens with zero attached hydrogens (tertiary/aromatic N) is 3. The first-order chi connectivity index (χ1) is 20.4. The van der Waals surface area contributed by atoms with Crippen LogP contribution in [0.25, 0.3) is 5.52 Å². The highest BCUT2D eigenvalue weighted by atomic mass is 16.6. The molecule has 0 spiro atoms. The molecule has 5 aromatic rings. The molecule has 0 radical (unpaired) electrons. The van der Waals surface area contributed by atoms with E-state index in [0.29, 0.717) is 17.8 Å². The SMILES string of the molecule is CC(O)(c1ccc2c(N)ncnn12)[C@H](OCc1ccccc1)[C@H](OCc1ccccc1)[C@@H](O)COCc1ccccc1. The van der Waals surface area contributed by atoms with Crippen molar-refractivity contribution in [3.05, 3.63) is 132 Å². The van der Waals surface area contributed by atoms with Crippen LogP contribution in [0.15, 0.2) is 109 Å². The number of aliphatic hydroxyl groups excluding tert-OH is 1. The molecule has 0 fully saturated rings. The van der Waals surface area contributed by atoms with Crippen molar-refractivity contribution in [1.29, 1.82) is 0 Å². The summed E-state index contributed by atoms with van der Waals surface area (Å²) in [5.41, 5.74) is 8.14. The van der Waals surface area contributed by atoms with Gasteiger partial charge in [-0.1, -0.05) is 91.0 Å². The Kier molecular flexibility index (Phi) is 9.58. The van der Waals surface area contributed by atoms with Gasteiger partial charge in [-0.25, -0.2) is 9.50 Å². The molecule has 1 unspecified atom stereocenters. The van der Waals surface area contributed by atoms with Gasteiger partial charge in [0.25, 0.3) is 0 Å². The number of aromatic nitrogens is 3. The second-order valence-corrected chi connectivity index (χ2v) is 10.4. The zero-order valence-corrected chi connectivity index (χ0v) is 23.5. The molecule has 0 amide bonds. The Balaban J connectivity index is 1.47. The molecule has 2 heterocycles. The smallest absolute Gasteiger partial charge is 0.151 e. The van der Waals surface area contributed by atoms with Gasteiger partial charge in [0, 0.05) is 0 Å². The molecule has 0 aliphatic rings. The van der Waals surface area contributed by atoms with E-state index in [1.54, 1.807) is 19.1 Å². The average molecular weight is 569 g/mol. The van der Waals surface area contributed by atoms with Crippen molar-refractivity contribution in [1.82, 2.24) is 14.6 Å². The number of benzene rings is 3. The van der Waals surface area contributed by atoms with Crippen LogP contribution in [0.3, 0.4) is 0 Å². The summed E-state index contributed by atoms with van der Waals surface area (Å²) >= 11 is 0. The van der Waals surface area contributed by atoms with E-state index < -0.39 is 23.9 Å². The Hall–Kier alpha value is -4.12. The van der Waals surface area contributed by atoms with Crippen LogP contribution in [0.5, 0.6) is 0 Å². The average Bonchev–Trinajstić information content (AvgIpc) is 3.47. The number of nitrogens with two attached hydrogens (primary N) is 1. The lowest BCUT2D eigenvalue weighted by Gasteiger charge is -2.39. The first-order valence-corrected chi connectivity index (χ1v) is 13.9. The van der Waals surface area contributed by atoms with Gasteiger partial charge in [0.2, 0.25) is 0 Å². The van der Waals surface area contributed by atoms with Crippen LogP contribution in [-0.4, -0.2) is 49.7 Å². The maximum atomic E-state index is 12.2. The van der Waals surface area contributed by atoms with E-state index >= 15 is 0 Å². The van der Waals surface area contributed by atoms with Crippen LogP contribution in [-0.2, 0) is 39.6 Å². The Morgan fingerprint density at radius 1 is 0.786 bits per heavy atom. The summed E-state index contributed by atoms with van der Waals surface area (Å²) in [5.74, 6) is 0.278. The van der Waals surface area contributed by atoms with Crippen LogP contribution in [0.1, 0.15) is 29.3 Å². The van der Waals surface area contributed by atoms with Crippen molar-refractivity contribution in [2.75, 3.05) is 12.3 Å². The molecular formula is C33H36N4O5. The summed E-state index contributed by atoms with van der Waals surface area (Å²) in [7, 11) is 0. The number of hydrogen-bond acceptors (Lipinski definition) is 8. The van der Waals surface area contributed by atoms with Gasteiger partial charge in [0.05, 0.1) is 32.1 Å². The molecule has 0 saturated heterocycles. The van der Waals surface area contributed by atoms with E-state index in [9.17, 15) is 10.2 Å². The van der Waals surface area contributed by atoms with Crippen LogP contribution in [0.4, 0.5) is 5.82 Å². The third-order valence-electron chi connectivity index (χ3n) is 7.19. The molecule has 0 saturated carbocycles. The third-order valence-corrected chi connectivity index (χ3v) is 7.19. The molecule has 0 aliphatic carbocycles. The van der Waals surface area contributed by atoms with E-state index in [1.165, 1.54) is 10.8 Å². The third kappa shape index (κ3) is 7.02. The number of ether oxygens (including phenoxy) is 3. The minimum atomic E-state index is -1.69. The first kappa shape index (κ1) is 29.4. The Morgan fingerprint density at radius 3 is 1.93 bits per heavy atom. The fourth-order valence-corrected chi connectivity index (χ4v) is 4.95. The van der Waals surface area contributed by atoms with Crippen molar-refractivity contribution in [2.24, 2.45) is 0 Å². The second-order valence-electron chi connectivity index (χ2n) is 10.4. The van der Waals surface area contributed by atoms with E-state index in [-0.39, 0.29) is 25.6 Å². The zero-order valence-electron chi connectivity index (χ0n) is 23.5. The molecule has 0 aliphatic heterocycles. The van der Waals surface area contributed by atoms with Gasteiger partial charge in [-0.2, -0.15) is 5.10 Å². The number of aliphatic hydroxyl groups is 2. The van der Waals surface area contributed by atoms with Crippen LogP contribution in [0.2, 0.25) is 0 Å². The molecule has 4 N–H and O–H groups in total. The van der Waals surface area contributed by atoms with Crippen molar-refractivity contribution >= 4 is 11.3 Å². The molecule has 9 nitrogen and oxygen atoms in total. The second kappa shape index (κ2) is 13.7. The number of nitrogen functional groups attached to an aromatic ring is 1. The van der Waals surface area contributed by atoms with Crippen molar-refractivity contribution in [2.45, 2.75) is 50.7 Å². The molecule has 9 heteroatoms. The number of anilines is 1. The van der Waals surface area contributed by atoms with Gasteiger partial charge < -0.3 is 30.2 Å². The van der Waals surface area contributed by atoms with Gasteiger partial charge in [-0.15, -0.1) is 0 Å². The molecule has 3 aromatic carbocycles. The predicted octanol–water partition coefficient (Wildman–Crippen LogP) is 4.27. The fourth-order valence-electron chi connectivity index (χ4n) is 4.95. The van der Waals surface area contributed by atoms with Crippen LogP contribution < -0.4 is 5.73 Å². The van der Waals surface area contributed by atoms with E-state index in [1.807, 2.05) is 91.0 Å². The largest absolute Gasteiger partial charge is 0.388 e. The molecule has 218 valence electrons. The van der Waals surface area contributed by atoms with Crippen LogP contribution >= 0.6 is 0 Å². The lowest BCUT2D eigenvalue weighted by molar-refractivity contribution is -0.207. The standard InChI is InChI=1S/C33H36N4O5/c1-33(39,29-18-17-27-32(34)35-23-36-37(27)29)31(42-21-26-15-9-4-10-16-26)30(41-20-25-13-7-3-8-14-25)28(38)22-40-19-24-11-5-2-6-12-24/h2-18,23,28,30-31,38-39H,19-22H2,1H3,(H2,34,35,36)/t28-,30+,31+,33?/m0/s1.